The predicted octanol–water partition coefficient (Wildman–Crippen LogP) is 3.55. The monoisotopic (exact) mass is 418 g/mol. The van der Waals surface area contributed by atoms with Gasteiger partial charge in [0.05, 0.1) is 0 Å². The van der Waals surface area contributed by atoms with Crippen molar-refractivity contribution in [3.8, 4) is 0 Å². The molecule has 0 aliphatic carbocycles. The zero-order chi connectivity index (χ0) is 22.1. The molecular weight excluding hydrogens is 392 g/mol. The minimum Gasteiger partial charge on any atom is -0.480 e. The number of fused-ring (bicyclic) bond motifs is 1. The smallest absolute Gasteiger partial charge is 0.320 e. The minimum atomic E-state index is -1.01. The Labute approximate surface area is 181 Å². The summed E-state index contributed by atoms with van der Waals surface area (Å²) in [6, 6.07) is 22.0. The van der Waals surface area contributed by atoms with Gasteiger partial charge in [0, 0.05) is 12.0 Å². The van der Waals surface area contributed by atoms with Crippen molar-refractivity contribution in [3.63, 3.8) is 0 Å². The zero-order valence-corrected chi connectivity index (χ0v) is 17.2. The van der Waals surface area contributed by atoms with E-state index in [-0.39, 0.29) is 12.8 Å². The second-order valence-electron chi connectivity index (χ2n) is 7.41. The first-order valence-electron chi connectivity index (χ1n) is 10.4. The molecule has 0 unspecified atom stereocenters. The number of rotatable bonds is 10. The van der Waals surface area contributed by atoms with Crippen LogP contribution in [0.4, 0.5) is 0 Å². The van der Waals surface area contributed by atoms with E-state index in [0.717, 1.165) is 23.6 Å². The van der Waals surface area contributed by atoms with Gasteiger partial charge in [-0.15, -0.1) is 0 Å². The first-order chi connectivity index (χ1) is 15.0. The molecule has 3 aromatic carbocycles. The maximum atomic E-state index is 12.4. The number of carbonyl (C=O) groups is 3. The van der Waals surface area contributed by atoms with Gasteiger partial charge in [-0.2, -0.15) is 0 Å². The highest BCUT2D eigenvalue weighted by Gasteiger charge is 2.19. The van der Waals surface area contributed by atoms with Crippen molar-refractivity contribution in [2.24, 2.45) is 0 Å². The first-order valence-corrected chi connectivity index (χ1v) is 10.4. The summed E-state index contributed by atoms with van der Waals surface area (Å²) < 4.78 is 0. The molecule has 0 radical (unpaired) electrons. The van der Waals surface area contributed by atoms with Crippen LogP contribution in [0, 0.1) is 0 Å². The fraction of sp³-hybridized carbons (Fsp3) is 0.240. The van der Waals surface area contributed by atoms with Crippen molar-refractivity contribution >= 4 is 28.6 Å². The number of carbonyl (C=O) groups excluding carboxylic acids is 2. The van der Waals surface area contributed by atoms with Gasteiger partial charge in [0.15, 0.2) is 0 Å². The normalized spacial score (nSPS) is 11.7. The van der Waals surface area contributed by atoms with Crippen molar-refractivity contribution in [2.75, 3.05) is 6.54 Å². The summed E-state index contributed by atoms with van der Waals surface area (Å²) in [4.78, 5) is 36.0. The maximum Gasteiger partial charge on any atom is 0.320 e. The summed E-state index contributed by atoms with van der Waals surface area (Å²) in [5.41, 5.74) is 1.59. The third-order valence-electron chi connectivity index (χ3n) is 5.10. The van der Waals surface area contributed by atoms with Crippen LogP contribution in [0.3, 0.4) is 0 Å². The van der Waals surface area contributed by atoms with Gasteiger partial charge >= 0.3 is 5.97 Å². The highest BCUT2D eigenvalue weighted by atomic mass is 16.4. The van der Waals surface area contributed by atoms with Gasteiger partial charge in [-0.25, -0.2) is 0 Å². The third-order valence-corrected chi connectivity index (χ3v) is 5.10. The van der Waals surface area contributed by atoms with Crippen molar-refractivity contribution < 1.29 is 19.5 Å². The van der Waals surface area contributed by atoms with E-state index in [1.807, 2.05) is 60.7 Å². The van der Waals surface area contributed by atoms with E-state index in [4.69, 9.17) is 0 Å². The van der Waals surface area contributed by atoms with Crippen molar-refractivity contribution in [1.29, 1.82) is 0 Å². The number of benzene rings is 3. The third kappa shape index (κ3) is 6.76. The zero-order valence-electron chi connectivity index (χ0n) is 17.2. The summed E-state index contributed by atoms with van der Waals surface area (Å²) in [7, 11) is 0. The molecule has 6 heteroatoms. The predicted molar refractivity (Wildman–Crippen MR) is 120 cm³/mol. The molecule has 3 N–H and O–H groups in total. The van der Waals surface area contributed by atoms with Crippen LogP contribution in [0.5, 0.6) is 0 Å². The molecule has 3 aromatic rings. The van der Waals surface area contributed by atoms with Gasteiger partial charge in [-0.1, -0.05) is 60.7 Å². The number of aliphatic carboxylic acids is 1. The van der Waals surface area contributed by atoms with E-state index in [1.54, 1.807) is 12.1 Å². The standard InChI is InChI=1S/C25H26N2O4/c28-23(27-24(29)21-13-12-19-10-4-5-11-20(19)17-21)15-14-22(25(30)31)26-16-6-9-18-7-2-1-3-8-18/h1-5,7-8,10-13,17,22,26H,6,9,14-16H2,(H,30,31)(H,27,28,29)/t22-/m0/s1. The van der Waals surface area contributed by atoms with Gasteiger partial charge in [0.1, 0.15) is 6.04 Å². The number of aryl methyl sites for hydroxylation is 1. The SMILES string of the molecule is O=C(CC[C@H](NCCCc1ccccc1)C(=O)O)NC(=O)c1ccc2ccccc2c1. The second-order valence-corrected chi connectivity index (χ2v) is 7.41. The molecule has 1 atom stereocenters. The number of imide groups is 1. The lowest BCUT2D eigenvalue weighted by atomic mass is 10.1. The molecule has 0 aliphatic heterocycles. The van der Waals surface area contributed by atoms with E-state index in [9.17, 15) is 19.5 Å². The molecule has 0 fully saturated rings. The maximum absolute atomic E-state index is 12.4. The number of nitrogens with one attached hydrogen (secondary N) is 2. The lowest BCUT2D eigenvalue weighted by Gasteiger charge is -2.14. The molecule has 160 valence electrons. The van der Waals surface area contributed by atoms with Crippen LogP contribution in [0.25, 0.3) is 10.8 Å². The molecule has 3 rings (SSSR count). The first kappa shape index (κ1) is 22.2. The Balaban J connectivity index is 1.44. The lowest BCUT2D eigenvalue weighted by molar-refractivity contribution is -0.139. The Bertz CT molecular complexity index is 1050. The molecule has 0 aromatic heterocycles. The average Bonchev–Trinajstić information content (AvgIpc) is 2.78. The Morgan fingerprint density at radius 3 is 2.32 bits per heavy atom. The van der Waals surface area contributed by atoms with Crippen LogP contribution in [-0.2, 0) is 16.0 Å². The van der Waals surface area contributed by atoms with Crippen LogP contribution in [0.1, 0.15) is 35.2 Å². The number of hydrogen-bond donors (Lipinski definition) is 3. The summed E-state index contributed by atoms with van der Waals surface area (Å²) in [5, 5.41) is 16.7. The Morgan fingerprint density at radius 2 is 1.58 bits per heavy atom. The Morgan fingerprint density at radius 1 is 0.871 bits per heavy atom. The molecule has 0 spiro atoms. The van der Waals surface area contributed by atoms with E-state index < -0.39 is 23.8 Å². The van der Waals surface area contributed by atoms with Crippen LogP contribution in [-0.4, -0.2) is 35.5 Å². The van der Waals surface area contributed by atoms with Crippen LogP contribution in [0.2, 0.25) is 0 Å². The summed E-state index contributed by atoms with van der Waals surface area (Å²) in [6.45, 7) is 0.531. The summed E-state index contributed by atoms with van der Waals surface area (Å²) in [5.74, 6) is -1.98. The van der Waals surface area contributed by atoms with E-state index in [0.29, 0.717) is 12.1 Å². The average molecular weight is 418 g/mol. The molecule has 0 saturated carbocycles. The fourth-order valence-electron chi connectivity index (χ4n) is 3.39. The Hall–Kier alpha value is -3.51. The molecule has 31 heavy (non-hydrogen) atoms. The number of carboxylic acids is 1. The summed E-state index contributed by atoms with van der Waals surface area (Å²) >= 11 is 0. The highest BCUT2D eigenvalue weighted by Crippen LogP contribution is 2.15. The van der Waals surface area contributed by atoms with Crippen LogP contribution in [0.15, 0.2) is 72.8 Å². The minimum absolute atomic E-state index is 0.0536. The van der Waals surface area contributed by atoms with E-state index >= 15 is 0 Å². The molecule has 0 aliphatic rings. The highest BCUT2D eigenvalue weighted by molar-refractivity contribution is 6.06. The van der Waals surface area contributed by atoms with Gasteiger partial charge < -0.3 is 10.4 Å². The van der Waals surface area contributed by atoms with Crippen molar-refractivity contribution in [3.05, 3.63) is 83.9 Å². The largest absolute Gasteiger partial charge is 0.480 e. The number of carboxylic acid groups (broad SMARTS) is 1. The topological polar surface area (TPSA) is 95.5 Å². The molecular formula is C25H26N2O4. The molecule has 0 bridgehead atoms. The lowest BCUT2D eigenvalue weighted by Crippen LogP contribution is -2.39. The summed E-state index contributed by atoms with van der Waals surface area (Å²) in [6.07, 6.45) is 1.70. The van der Waals surface area contributed by atoms with Gasteiger partial charge in [-0.3, -0.25) is 19.7 Å². The van der Waals surface area contributed by atoms with E-state index in [1.165, 1.54) is 5.56 Å². The van der Waals surface area contributed by atoms with Gasteiger partial charge in [0.2, 0.25) is 5.91 Å². The molecule has 0 saturated heterocycles. The number of amides is 2. The van der Waals surface area contributed by atoms with Gasteiger partial charge in [0.25, 0.3) is 5.91 Å². The Kier molecular flexibility index (Phi) is 7.90. The van der Waals surface area contributed by atoms with Crippen LogP contribution >= 0.6 is 0 Å². The second kappa shape index (κ2) is 11.0. The van der Waals surface area contributed by atoms with Crippen molar-refractivity contribution in [2.45, 2.75) is 31.7 Å². The molecule has 2 amide bonds. The van der Waals surface area contributed by atoms with E-state index in [2.05, 4.69) is 10.6 Å². The van der Waals surface area contributed by atoms with Crippen LogP contribution < -0.4 is 10.6 Å². The quantitative estimate of drug-likeness (QED) is 0.438. The number of hydrogen-bond acceptors (Lipinski definition) is 4. The van der Waals surface area contributed by atoms with Gasteiger partial charge in [-0.05, 0) is 54.3 Å². The fourth-order valence-corrected chi connectivity index (χ4v) is 3.39. The molecule has 6 nitrogen and oxygen atoms in total. The molecule has 0 heterocycles. The van der Waals surface area contributed by atoms with Crippen molar-refractivity contribution in [1.82, 2.24) is 10.6 Å².